The minimum absolute atomic E-state index is 0. The zero-order valence-corrected chi connectivity index (χ0v) is 18.7. The molecule has 1 saturated heterocycles. The molecule has 2 N–H and O–H groups in total. The highest BCUT2D eigenvalue weighted by Crippen LogP contribution is 2.19. The van der Waals surface area contributed by atoms with Gasteiger partial charge in [-0.25, -0.2) is 4.98 Å². The molecule has 0 aliphatic carbocycles. The maximum absolute atomic E-state index is 5.61. The first-order chi connectivity index (χ1) is 12.7. The topological polar surface area (TPSA) is 65.7 Å². The van der Waals surface area contributed by atoms with Crippen molar-refractivity contribution in [2.24, 2.45) is 4.99 Å². The molecule has 0 amide bonds. The van der Waals surface area contributed by atoms with Crippen LogP contribution in [0.15, 0.2) is 39.7 Å². The van der Waals surface area contributed by atoms with Crippen molar-refractivity contribution in [3.8, 4) is 0 Å². The summed E-state index contributed by atoms with van der Waals surface area (Å²) in [5, 5.41) is 6.73. The average Bonchev–Trinajstić information content (AvgIpc) is 3.22. The quantitative estimate of drug-likeness (QED) is 0.375. The number of hydrogen-bond acceptors (Lipinski definition) is 4. The molecule has 1 aromatic heterocycles. The van der Waals surface area contributed by atoms with E-state index in [1.54, 1.807) is 7.05 Å². The lowest BCUT2D eigenvalue weighted by molar-refractivity contribution is 0.245. The fourth-order valence-corrected chi connectivity index (χ4v) is 3.36. The summed E-state index contributed by atoms with van der Waals surface area (Å²) in [4.78, 5) is 11.3. The van der Waals surface area contributed by atoms with Crippen LogP contribution in [0.1, 0.15) is 35.7 Å². The molecule has 1 aromatic carbocycles. The molecule has 2 aromatic rings. The molecule has 0 spiro atoms. The predicted octanol–water partition coefficient (Wildman–Crippen LogP) is 3.24. The molecule has 0 bridgehead atoms. The Morgan fingerprint density at radius 2 is 2.04 bits per heavy atom. The molecule has 0 radical (unpaired) electrons. The summed E-state index contributed by atoms with van der Waals surface area (Å²) >= 11 is 0. The number of benzene rings is 1. The van der Waals surface area contributed by atoms with Crippen LogP contribution in [0.2, 0.25) is 0 Å². The fourth-order valence-electron chi connectivity index (χ4n) is 3.36. The Morgan fingerprint density at radius 1 is 1.26 bits per heavy atom. The Labute approximate surface area is 178 Å². The van der Waals surface area contributed by atoms with Gasteiger partial charge in [0, 0.05) is 26.2 Å². The second-order valence-electron chi connectivity index (χ2n) is 6.81. The minimum atomic E-state index is 0. The van der Waals surface area contributed by atoms with Crippen molar-refractivity contribution >= 4 is 29.9 Å². The smallest absolute Gasteiger partial charge is 0.214 e. The third-order valence-electron chi connectivity index (χ3n) is 4.94. The number of aryl methyl sites for hydroxylation is 2. The van der Waals surface area contributed by atoms with Gasteiger partial charge in [-0.05, 0) is 38.8 Å². The van der Waals surface area contributed by atoms with Crippen LogP contribution in [-0.4, -0.2) is 42.0 Å². The van der Waals surface area contributed by atoms with Gasteiger partial charge in [0.25, 0.3) is 0 Å². The Bertz CT molecular complexity index is 712. The lowest BCUT2D eigenvalue weighted by Crippen LogP contribution is -2.44. The van der Waals surface area contributed by atoms with Crippen LogP contribution in [0.5, 0.6) is 0 Å². The Balaban J connectivity index is 0.00000261. The first kappa shape index (κ1) is 21.7. The molecule has 3 rings (SSSR count). The van der Waals surface area contributed by atoms with Gasteiger partial charge in [-0.1, -0.05) is 30.3 Å². The van der Waals surface area contributed by atoms with Crippen molar-refractivity contribution in [2.45, 2.75) is 45.8 Å². The molecule has 148 valence electrons. The molecule has 1 unspecified atom stereocenters. The molecule has 1 aliphatic rings. The molecule has 2 heterocycles. The van der Waals surface area contributed by atoms with Crippen LogP contribution in [-0.2, 0) is 13.1 Å². The number of guanidine groups is 1. The van der Waals surface area contributed by atoms with E-state index in [1.165, 1.54) is 18.4 Å². The van der Waals surface area contributed by atoms with Crippen molar-refractivity contribution < 1.29 is 4.42 Å². The Kier molecular flexibility index (Phi) is 8.56. The average molecular weight is 483 g/mol. The van der Waals surface area contributed by atoms with Crippen LogP contribution in [0.25, 0.3) is 0 Å². The highest BCUT2D eigenvalue weighted by Gasteiger charge is 2.24. The highest BCUT2D eigenvalue weighted by atomic mass is 127. The number of hydrogen-bond donors (Lipinski definition) is 2. The van der Waals surface area contributed by atoms with E-state index in [-0.39, 0.29) is 24.0 Å². The van der Waals surface area contributed by atoms with Crippen molar-refractivity contribution in [1.82, 2.24) is 20.5 Å². The molecule has 1 fully saturated rings. The molecule has 0 saturated carbocycles. The standard InChI is InChI=1S/C20H29N5O.HI/c1-15-16(2)26-19(24-15)13-23-20(21-3)22-12-18-10-7-11-25(18)14-17-8-5-4-6-9-17;/h4-6,8-9,18H,7,10-14H2,1-3H3,(H2,21,22,23);1H. The lowest BCUT2D eigenvalue weighted by Gasteiger charge is -2.25. The number of likely N-dealkylation sites (tertiary alicyclic amines) is 1. The summed E-state index contributed by atoms with van der Waals surface area (Å²) in [6, 6.07) is 11.2. The number of nitrogens with zero attached hydrogens (tertiary/aromatic N) is 3. The molecule has 27 heavy (non-hydrogen) atoms. The molecule has 1 atom stereocenters. The van der Waals surface area contributed by atoms with Crippen LogP contribution in [0.4, 0.5) is 0 Å². The Hall–Kier alpha value is -1.61. The number of aromatic nitrogens is 1. The van der Waals surface area contributed by atoms with Gasteiger partial charge in [0.15, 0.2) is 5.96 Å². The van der Waals surface area contributed by atoms with E-state index in [1.807, 2.05) is 13.8 Å². The van der Waals surface area contributed by atoms with E-state index in [9.17, 15) is 0 Å². The fraction of sp³-hybridized carbons (Fsp3) is 0.500. The maximum Gasteiger partial charge on any atom is 0.214 e. The molecular formula is C20H30IN5O. The second kappa shape index (κ2) is 10.7. The first-order valence-corrected chi connectivity index (χ1v) is 9.31. The minimum Gasteiger partial charge on any atom is -0.444 e. The van der Waals surface area contributed by atoms with E-state index in [4.69, 9.17) is 4.42 Å². The third kappa shape index (κ3) is 6.21. The molecule has 7 heteroatoms. The SMILES string of the molecule is CN=C(NCc1nc(C)c(C)o1)NCC1CCCN1Cc1ccccc1.I. The monoisotopic (exact) mass is 483 g/mol. The zero-order valence-electron chi connectivity index (χ0n) is 16.4. The van der Waals surface area contributed by atoms with Crippen molar-refractivity contribution in [2.75, 3.05) is 20.1 Å². The van der Waals surface area contributed by atoms with E-state index in [2.05, 4.69) is 55.8 Å². The van der Waals surface area contributed by atoms with Crippen LogP contribution in [0.3, 0.4) is 0 Å². The highest BCUT2D eigenvalue weighted by molar-refractivity contribution is 14.0. The summed E-state index contributed by atoms with van der Waals surface area (Å²) < 4.78 is 5.61. The van der Waals surface area contributed by atoms with E-state index >= 15 is 0 Å². The maximum atomic E-state index is 5.61. The summed E-state index contributed by atoms with van der Waals surface area (Å²) in [7, 11) is 1.79. The van der Waals surface area contributed by atoms with Gasteiger partial charge < -0.3 is 15.1 Å². The van der Waals surface area contributed by atoms with Crippen molar-refractivity contribution in [3.05, 3.63) is 53.2 Å². The van der Waals surface area contributed by atoms with E-state index in [0.29, 0.717) is 18.5 Å². The zero-order chi connectivity index (χ0) is 18.4. The van der Waals surface area contributed by atoms with E-state index < -0.39 is 0 Å². The summed E-state index contributed by atoms with van der Waals surface area (Å²) in [6.07, 6.45) is 2.47. The largest absolute Gasteiger partial charge is 0.444 e. The van der Waals surface area contributed by atoms with Crippen LogP contribution < -0.4 is 10.6 Å². The number of aliphatic imine (C=N–C) groups is 1. The number of rotatable bonds is 6. The Morgan fingerprint density at radius 3 is 2.70 bits per heavy atom. The van der Waals surface area contributed by atoms with Gasteiger partial charge in [-0.2, -0.15) is 0 Å². The van der Waals surface area contributed by atoms with Crippen molar-refractivity contribution in [1.29, 1.82) is 0 Å². The van der Waals surface area contributed by atoms with E-state index in [0.717, 1.165) is 37.0 Å². The second-order valence-corrected chi connectivity index (χ2v) is 6.81. The predicted molar refractivity (Wildman–Crippen MR) is 119 cm³/mol. The molecular weight excluding hydrogens is 453 g/mol. The van der Waals surface area contributed by atoms with Crippen LogP contribution >= 0.6 is 24.0 Å². The molecule has 1 aliphatic heterocycles. The van der Waals surface area contributed by atoms with Crippen LogP contribution in [0, 0.1) is 13.8 Å². The van der Waals surface area contributed by atoms with Gasteiger partial charge in [-0.3, -0.25) is 9.89 Å². The van der Waals surface area contributed by atoms with Gasteiger partial charge >= 0.3 is 0 Å². The number of nitrogens with one attached hydrogen (secondary N) is 2. The van der Waals surface area contributed by atoms with Crippen molar-refractivity contribution in [3.63, 3.8) is 0 Å². The summed E-state index contributed by atoms with van der Waals surface area (Å²) in [5.74, 6) is 2.34. The third-order valence-corrected chi connectivity index (χ3v) is 4.94. The van der Waals surface area contributed by atoms with Gasteiger partial charge in [0.05, 0.1) is 12.2 Å². The number of oxazole rings is 1. The summed E-state index contributed by atoms with van der Waals surface area (Å²) in [6.45, 7) is 7.47. The normalized spacial score (nSPS) is 17.6. The van der Waals surface area contributed by atoms with Gasteiger partial charge in [0.2, 0.25) is 5.89 Å². The summed E-state index contributed by atoms with van der Waals surface area (Å²) in [5.41, 5.74) is 2.31. The van der Waals surface area contributed by atoms with Gasteiger partial charge in [-0.15, -0.1) is 24.0 Å². The number of halogens is 1. The van der Waals surface area contributed by atoms with Gasteiger partial charge in [0.1, 0.15) is 5.76 Å². The first-order valence-electron chi connectivity index (χ1n) is 9.31. The lowest BCUT2D eigenvalue weighted by atomic mass is 10.2. The molecule has 6 nitrogen and oxygen atoms in total.